The molecule has 1 aromatic rings. The highest BCUT2D eigenvalue weighted by molar-refractivity contribution is 14.1. The highest BCUT2D eigenvalue weighted by Crippen LogP contribution is 2.11. The van der Waals surface area contributed by atoms with Gasteiger partial charge in [0, 0.05) is 3.57 Å². The van der Waals surface area contributed by atoms with Crippen molar-refractivity contribution in [1.29, 1.82) is 0 Å². The molecular formula is C12H17IO3S. The van der Waals surface area contributed by atoms with E-state index >= 15 is 0 Å². The lowest BCUT2D eigenvalue weighted by atomic mass is 10.2. The van der Waals surface area contributed by atoms with Gasteiger partial charge in [-0.3, -0.25) is 4.18 Å². The van der Waals surface area contributed by atoms with Crippen LogP contribution in [0.4, 0.5) is 0 Å². The van der Waals surface area contributed by atoms with E-state index in [1.807, 2.05) is 24.3 Å². The maximum Gasteiger partial charge on any atom is 0.271 e. The van der Waals surface area contributed by atoms with E-state index in [0.29, 0.717) is 6.61 Å². The Morgan fingerprint density at radius 1 is 1.18 bits per heavy atom. The number of unbranched alkanes of at least 4 members (excludes halogenated alkanes) is 2. The van der Waals surface area contributed by atoms with Crippen LogP contribution >= 0.6 is 22.6 Å². The molecule has 0 fully saturated rings. The molecule has 0 unspecified atom stereocenters. The van der Waals surface area contributed by atoms with Crippen molar-refractivity contribution in [3.05, 3.63) is 33.4 Å². The summed E-state index contributed by atoms with van der Waals surface area (Å²) in [7, 11) is -3.43. The van der Waals surface area contributed by atoms with Gasteiger partial charge < -0.3 is 0 Å². The monoisotopic (exact) mass is 368 g/mol. The first-order valence-corrected chi connectivity index (χ1v) is 8.30. The van der Waals surface area contributed by atoms with Gasteiger partial charge in [-0.2, -0.15) is 8.42 Å². The Bertz CT molecular complexity index is 426. The third kappa shape index (κ3) is 6.38. The van der Waals surface area contributed by atoms with Gasteiger partial charge in [-0.25, -0.2) is 0 Å². The number of halogens is 1. The summed E-state index contributed by atoms with van der Waals surface area (Å²) in [6, 6.07) is 7.41. The summed E-state index contributed by atoms with van der Waals surface area (Å²) in [4.78, 5) is 0. The topological polar surface area (TPSA) is 43.4 Å². The first kappa shape index (κ1) is 14.9. The molecule has 1 rings (SSSR count). The lowest BCUT2D eigenvalue weighted by Gasteiger charge is -2.05. The lowest BCUT2D eigenvalue weighted by molar-refractivity contribution is 0.307. The molecule has 1 aromatic carbocycles. The van der Waals surface area contributed by atoms with Gasteiger partial charge in [0.1, 0.15) is 5.75 Å². The molecule has 0 atom stereocenters. The fourth-order valence-corrected chi connectivity index (χ4v) is 2.78. The first-order valence-electron chi connectivity index (χ1n) is 5.65. The summed E-state index contributed by atoms with van der Waals surface area (Å²) >= 11 is 2.18. The second-order valence-corrected chi connectivity index (χ2v) is 6.74. The Morgan fingerprint density at radius 3 is 2.41 bits per heavy atom. The van der Waals surface area contributed by atoms with Crippen molar-refractivity contribution >= 4 is 32.7 Å². The Labute approximate surface area is 117 Å². The molecule has 0 spiro atoms. The van der Waals surface area contributed by atoms with E-state index < -0.39 is 10.1 Å². The maximum absolute atomic E-state index is 11.6. The van der Waals surface area contributed by atoms with Crippen molar-refractivity contribution in [2.45, 2.75) is 31.9 Å². The fourth-order valence-electron chi connectivity index (χ4n) is 1.36. The zero-order chi connectivity index (χ0) is 12.7. The molecule has 0 saturated carbocycles. The summed E-state index contributed by atoms with van der Waals surface area (Å²) in [5.74, 6) is -0.0456. The van der Waals surface area contributed by atoms with E-state index in [4.69, 9.17) is 4.18 Å². The summed E-state index contributed by atoms with van der Waals surface area (Å²) in [5.41, 5.74) is 0.765. The molecule has 0 aliphatic heterocycles. The summed E-state index contributed by atoms with van der Waals surface area (Å²) in [6.07, 6.45) is 2.85. The van der Waals surface area contributed by atoms with E-state index in [1.165, 1.54) is 0 Å². The van der Waals surface area contributed by atoms with Crippen LogP contribution in [-0.2, 0) is 20.1 Å². The molecule has 0 N–H and O–H groups in total. The zero-order valence-corrected chi connectivity index (χ0v) is 12.8. The highest BCUT2D eigenvalue weighted by atomic mass is 127. The van der Waals surface area contributed by atoms with E-state index in [1.54, 1.807) is 0 Å². The largest absolute Gasteiger partial charge is 0.271 e. The average Bonchev–Trinajstić information content (AvgIpc) is 2.27. The van der Waals surface area contributed by atoms with Gasteiger partial charge in [0.05, 0.1) is 6.61 Å². The van der Waals surface area contributed by atoms with Crippen molar-refractivity contribution in [3.8, 4) is 0 Å². The molecular weight excluding hydrogens is 351 g/mol. The quantitative estimate of drug-likeness (QED) is 0.421. The van der Waals surface area contributed by atoms with Crippen molar-refractivity contribution in [1.82, 2.24) is 0 Å². The van der Waals surface area contributed by atoms with E-state index in [0.717, 1.165) is 28.4 Å². The smallest absolute Gasteiger partial charge is 0.270 e. The van der Waals surface area contributed by atoms with Gasteiger partial charge in [-0.05, 0) is 46.7 Å². The van der Waals surface area contributed by atoms with E-state index in [-0.39, 0.29) is 5.75 Å². The molecule has 0 saturated heterocycles. The van der Waals surface area contributed by atoms with Crippen LogP contribution in [0.3, 0.4) is 0 Å². The minimum atomic E-state index is -3.43. The normalized spacial score (nSPS) is 11.6. The lowest BCUT2D eigenvalue weighted by Crippen LogP contribution is -2.10. The van der Waals surface area contributed by atoms with Gasteiger partial charge in [-0.15, -0.1) is 0 Å². The van der Waals surface area contributed by atoms with E-state index in [9.17, 15) is 8.42 Å². The standard InChI is InChI=1S/C12H17IO3S/c1-2-3-4-9-16-17(14,15)10-11-5-7-12(13)8-6-11/h5-8H,2-4,9-10H2,1H3. The molecule has 5 heteroatoms. The maximum atomic E-state index is 11.6. The van der Waals surface area contributed by atoms with Crippen LogP contribution in [0.15, 0.2) is 24.3 Å². The minimum Gasteiger partial charge on any atom is -0.270 e. The van der Waals surface area contributed by atoms with Crippen molar-refractivity contribution in [3.63, 3.8) is 0 Å². The predicted molar refractivity (Wildman–Crippen MR) is 77.3 cm³/mol. The molecule has 0 heterocycles. The highest BCUT2D eigenvalue weighted by Gasteiger charge is 2.11. The molecule has 96 valence electrons. The number of benzene rings is 1. The second kappa shape index (κ2) is 7.33. The third-order valence-electron chi connectivity index (χ3n) is 2.27. The van der Waals surface area contributed by atoms with Crippen molar-refractivity contribution < 1.29 is 12.6 Å². The molecule has 0 aromatic heterocycles. The number of hydrogen-bond donors (Lipinski definition) is 0. The SMILES string of the molecule is CCCCCOS(=O)(=O)Cc1ccc(I)cc1. The first-order chi connectivity index (χ1) is 8.03. The zero-order valence-electron chi connectivity index (χ0n) is 9.86. The average molecular weight is 368 g/mol. The van der Waals surface area contributed by atoms with E-state index in [2.05, 4.69) is 29.5 Å². The van der Waals surface area contributed by atoms with Crippen LogP contribution in [0.5, 0.6) is 0 Å². The predicted octanol–water partition coefficient (Wildman–Crippen LogP) is 3.33. The Kier molecular flexibility index (Phi) is 6.43. The Balaban J connectivity index is 2.46. The molecule has 3 nitrogen and oxygen atoms in total. The van der Waals surface area contributed by atoms with Crippen LogP contribution in [-0.4, -0.2) is 15.0 Å². The van der Waals surface area contributed by atoms with Gasteiger partial charge in [-0.1, -0.05) is 31.9 Å². The van der Waals surface area contributed by atoms with Gasteiger partial charge in [0.15, 0.2) is 0 Å². The minimum absolute atomic E-state index is 0.0456. The number of rotatable bonds is 7. The fraction of sp³-hybridized carbons (Fsp3) is 0.500. The van der Waals surface area contributed by atoms with Crippen molar-refractivity contribution in [2.75, 3.05) is 6.61 Å². The molecule has 0 aliphatic rings. The molecule has 0 aliphatic carbocycles. The van der Waals surface area contributed by atoms with Crippen LogP contribution < -0.4 is 0 Å². The van der Waals surface area contributed by atoms with Crippen molar-refractivity contribution in [2.24, 2.45) is 0 Å². The van der Waals surface area contributed by atoms with Gasteiger partial charge in [0.25, 0.3) is 10.1 Å². The van der Waals surface area contributed by atoms with Crippen LogP contribution in [0.25, 0.3) is 0 Å². The summed E-state index contributed by atoms with van der Waals surface area (Å²) < 4.78 is 29.3. The molecule has 0 amide bonds. The molecule has 0 bridgehead atoms. The van der Waals surface area contributed by atoms with Crippen LogP contribution in [0, 0.1) is 3.57 Å². The summed E-state index contributed by atoms with van der Waals surface area (Å²) in [6.45, 7) is 2.36. The van der Waals surface area contributed by atoms with Gasteiger partial charge >= 0.3 is 0 Å². The summed E-state index contributed by atoms with van der Waals surface area (Å²) in [5, 5.41) is 0. The van der Waals surface area contributed by atoms with Crippen LogP contribution in [0.2, 0.25) is 0 Å². The third-order valence-corrected chi connectivity index (χ3v) is 4.20. The van der Waals surface area contributed by atoms with Gasteiger partial charge in [0.2, 0.25) is 0 Å². The Hall–Kier alpha value is -0.140. The number of hydrogen-bond acceptors (Lipinski definition) is 3. The van der Waals surface area contributed by atoms with Crippen LogP contribution in [0.1, 0.15) is 31.7 Å². The molecule has 17 heavy (non-hydrogen) atoms. The second-order valence-electron chi connectivity index (χ2n) is 3.86. The Morgan fingerprint density at radius 2 is 1.82 bits per heavy atom. The molecule has 0 radical (unpaired) electrons.